The van der Waals surface area contributed by atoms with Gasteiger partial charge in [0.05, 0.1) is 11.8 Å². The number of aryl methyl sites for hydroxylation is 1. The molecule has 3 aromatic rings. The van der Waals surface area contributed by atoms with Crippen LogP contribution in [0.1, 0.15) is 24.7 Å². The van der Waals surface area contributed by atoms with Crippen LogP contribution in [0.25, 0.3) is 5.69 Å². The zero-order valence-corrected chi connectivity index (χ0v) is 14.9. The molecule has 2 aromatic heterocycles. The van der Waals surface area contributed by atoms with Gasteiger partial charge in [-0.3, -0.25) is 4.98 Å². The average Bonchev–Trinajstić information content (AvgIpc) is 3.01. The van der Waals surface area contributed by atoms with Gasteiger partial charge in [-0.2, -0.15) is 0 Å². The zero-order chi connectivity index (χ0) is 19.6. The number of hydrogen-bond donors (Lipinski definition) is 2. The molecule has 2 N–H and O–H groups in total. The molecule has 0 unspecified atom stereocenters. The minimum Gasteiger partial charge on any atom is -0.393 e. The number of halogens is 3. The van der Waals surface area contributed by atoms with Crippen molar-refractivity contribution in [2.24, 2.45) is 0 Å². The quantitative estimate of drug-likeness (QED) is 0.637. The Bertz CT molecular complexity index is 935. The van der Waals surface area contributed by atoms with Crippen LogP contribution in [0.2, 0.25) is 0 Å². The lowest BCUT2D eigenvalue weighted by Gasteiger charge is -2.10. The van der Waals surface area contributed by atoms with E-state index < -0.39 is 23.6 Å². The third kappa shape index (κ3) is 4.28. The lowest BCUT2D eigenvalue weighted by molar-refractivity contribution is 0.169. The first-order valence-corrected chi connectivity index (χ1v) is 8.49. The predicted octanol–water partition coefficient (Wildman–Crippen LogP) is 4.05. The van der Waals surface area contributed by atoms with Crippen molar-refractivity contribution in [3.05, 3.63) is 65.4 Å². The molecule has 27 heavy (non-hydrogen) atoms. The van der Waals surface area contributed by atoms with E-state index >= 15 is 0 Å². The van der Waals surface area contributed by atoms with Crippen molar-refractivity contribution in [3.63, 3.8) is 0 Å². The van der Waals surface area contributed by atoms with Gasteiger partial charge in [-0.1, -0.05) is 6.92 Å². The Morgan fingerprint density at radius 3 is 2.48 bits per heavy atom. The second-order valence-corrected chi connectivity index (χ2v) is 6.23. The molecule has 0 radical (unpaired) electrons. The smallest absolute Gasteiger partial charge is 0.194 e. The van der Waals surface area contributed by atoms with Crippen molar-refractivity contribution < 1.29 is 18.3 Å². The van der Waals surface area contributed by atoms with Crippen LogP contribution in [0.15, 0.2) is 36.5 Å². The predicted molar refractivity (Wildman–Crippen MR) is 95.7 cm³/mol. The number of aliphatic hydroxyl groups excluding tert-OH is 1. The van der Waals surface area contributed by atoms with Gasteiger partial charge in [-0.05, 0) is 25.5 Å². The second kappa shape index (κ2) is 7.79. The molecule has 0 aliphatic heterocycles. The fourth-order valence-electron chi connectivity index (χ4n) is 2.67. The molecule has 0 amide bonds. The Labute approximate surface area is 154 Å². The maximum atomic E-state index is 13.4. The third-order valence-electron chi connectivity index (χ3n) is 4.08. The van der Waals surface area contributed by atoms with E-state index in [1.165, 1.54) is 0 Å². The van der Waals surface area contributed by atoms with Gasteiger partial charge in [-0.25, -0.2) is 17.9 Å². The first kappa shape index (κ1) is 18.9. The minimum atomic E-state index is -1.52. The highest BCUT2D eigenvalue weighted by Crippen LogP contribution is 2.24. The summed E-state index contributed by atoms with van der Waals surface area (Å²) in [6.07, 6.45) is 2.00. The maximum absolute atomic E-state index is 13.4. The summed E-state index contributed by atoms with van der Waals surface area (Å²) >= 11 is 0. The summed E-state index contributed by atoms with van der Waals surface area (Å²) in [6.45, 7) is 3.71. The van der Waals surface area contributed by atoms with Gasteiger partial charge in [0.15, 0.2) is 23.3 Å². The van der Waals surface area contributed by atoms with Crippen LogP contribution in [-0.4, -0.2) is 26.0 Å². The molecule has 142 valence electrons. The van der Waals surface area contributed by atoms with E-state index in [1.54, 1.807) is 23.0 Å². The lowest BCUT2D eigenvalue weighted by atomic mass is 10.1. The van der Waals surface area contributed by atoms with Crippen LogP contribution in [0.4, 0.5) is 24.7 Å². The van der Waals surface area contributed by atoms with Crippen molar-refractivity contribution in [1.82, 2.24) is 14.8 Å². The molecule has 2 heterocycles. The van der Waals surface area contributed by atoms with Crippen molar-refractivity contribution in [2.75, 3.05) is 5.32 Å². The number of aromatic nitrogens is 3. The van der Waals surface area contributed by atoms with Gasteiger partial charge in [0, 0.05) is 47.9 Å². The van der Waals surface area contributed by atoms with Crippen LogP contribution in [0, 0.1) is 24.4 Å². The van der Waals surface area contributed by atoms with E-state index in [2.05, 4.69) is 15.4 Å². The first-order chi connectivity index (χ1) is 12.9. The molecular formula is C19H19F3N4O. The topological polar surface area (TPSA) is 63.0 Å². The summed E-state index contributed by atoms with van der Waals surface area (Å²) in [7, 11) is 0. The number of rotatable bonds is 6. The standard InChI is InChI=1S/C19H19F3N4O/c1-3-15(27)9-14-10-18(24-12-7-16(20)19(22)17(21)8-12)25-26(14)13-4-5-23-11(2)6-13/h4-8,10,15,27H,3,9H2,1-2H3,(H,24,25)/t15-/m1/s1. The minimum absolute atomic E-state index is 0.0320. The Hall–Kier alpha value is -2.87. The van der Waals surface area contributed by atoms with E-state index in [4.69, 9.17) is 0 Å². The normalized spacial score (nSPS) is 12.2. The number of hydrogen-bond acceptors (Lipinski definition) is 4. The molecule has 0 saturated carbocycles. The molecule has 5 nitrogen and oxygen atoms in total. The highest BCUT2D eigenvalue weighted by Gasteiger charge is 2.15. The van der Waals surface area contributed by atoms with E-state index in [-0.39, 0.29) is 5.69 Å². The van der Waals surface area contributed by atoms with E-state index in [0.29, 0.717) is 24.4 Å². The third-order valence-corrected chi connectivity index (χ3v) is 4.08. The molecule has 1 aromatic carbocycles. The number of aliphatic hydroxyl groups is 1. The van der Waals surface area contributed by atoms with Crippen LogP contribution in [-0.2, 0) is 6.42 Å². The number of pyridine rings is 1. The first-order valence-electron chi connectivity index (χ1n) is 8.49. The summed E-state index contributed by atoms with van der Waals surface area (Å²) in [4.78, 5) is 4.15. The molecule has 1 atom stereocenters. The Morgan fingerprint density at radius 2 is 1.85 bits per heavy atom. The van der Waals surface area contributed by atoms with Crippen molar-refractivity contribution >= 4 is 11.5 Å². The van der Waals surface area contributed by atoms with Gasteiger partial charge in [0.2, 0.25) is 0 Å². The fourth-order valence-corrected chi connectivity index (χ4v) is 2.67. The van der Waals surface area contributed by atoms with E-state index in [9.17, 15) is 18.3 Å². The van der Waals surface area contributed by atoms with E-state index in [0.717, 1.165) is 23.5 Å². The van der Waals surface area contributed by atoms with Crippen LogP contribution >= 0.6 is 0 Å². The highest BCUT2D eigenvalue weighted by atomic mass is 19.2. The monoisotopic (exact) mass is 376 g/mol. The van der Waals surface area contributed by atoms with Crippen LogP contribution in [0.3, 0.4) is 0 Å². The molecule has 0 aliphatic carbocycles. The highest BCUT2D eigenvalue weighted by molar-refractivity contribution is 5.57. The maximum Gasteiger partial charge on any atom is 0.194 e. The van der Waals surface area contributed by atoms with Crippen molar-refractivity contribution in [3.8, 4) is 5.69 Å². The number of nitrogens with one attached hydrogen (secondary N) is 1. The molecule has 8 heteroatoms. The Balaban J connectivity index is 1.98. The zero-order valence-electron chi connectivity index (χ0n) is 14.9. The lowest BCUT2D eigenvalue weighted by Crippen LogP contribution is -2.12. The van der Waals surface area contributed by atoms with Gasteiger partial charge < -0.3 is 10.4 Å². The van der Waals surface area contributed by atoms with Gasteiger partial charge in [-0.15, -0.1) is 5.10 Å². The molecule has 3 rings (SSSR count). The molecule has 0 saturated heterocycles. The molecular weight excluding hydrogens is 357 g/mol. The van der Waals surface area contributed by atoms with Crippen LogP contribution < -0.4 is 5.32 Å². The van der Waals surface area contributed by atoms with Crippen molar-refractivity contribution in [1.29, 1.82) is 0 Å². The summed E-state index contributed by atoms with van der Waals surface area (Å²) in [5.41, 5.74) is 2.28. The largest absolute Gasteiger partial charge is 0.393 e. The second-order valence-electron chi connectivity index (χ2n) is 6.23. The van der Waals surface area contributed by atoms with Crippen molar-refractivity contribution in [2.45, 2.75) is 32.8 Å². The van der Waals surface area contributed by atoms with Crippen LogP contribution in [0.5, 0.6) is 0 Å². The van der Waals surface area contributed by atoms with E-state index in [1.807, 2.05) is 19.9 Å². The number of anilines is 2. The fraction of sp³-hybridized carbons (Fsp3) is 0.263. The number of benzene rings is 1. The van der Waals surface area contributed by atoms with Gasteiger partial charge >= 0.3 is 0 Å². The summed E-state index contributed by atoms with van der Waals surface area (Å²) in [6, 6.07) is 6.98. The molecule has 0 bridgehead atoms. The Morgan fingerprint density at radius 1 is 1.15 bits per heavy atom. The van der Waals surface area contributed by atoms with Gasteiger partial charge in [0.1, 0.15) is 0 Å². The summed E-state index contributed by atoms with van der Waals surface area (Å²) in [5, 5.41) is 17.2. The summed E-state index contributed by atoms with van der Waals surface area (Å²) < 4.78 is 41.6. The van der Waals surface area contributed by atoms with Gasteiger partial charge in [0.25, 0.3) is 0 Å². The summed E-state index contributed by atoms with van der Waals surface area (Å²) in [5.74, 6) is -3.79. The SMILES string of the molecule is CC[C@@H](O)Cc1cc(Nc2cc(F)c(F)c(F)c2)nn1-c1ccnc(C)c1. The molecule has 0 aliphatic rings. The average molecular weight is 376 g/mol. The number of nitrogens with zero attached hydrogens (tertiary/aromatic N) is 3. The Kier molecular flexibility index (Phi) is 5.46. The molecule has 0 fully saturated rings. The molecule has 0 spiro atoms.